The highest BCUT2D eigenvalue weighted by Crippen LogP contribution is 2.30. The maximum Gasteiger partial charge on any atom is 0.254 e. The Balaban J connectivity index is 1.45. The Hall–Kier alpha value is -3.83. The van der Waals surface area contributed by atoms with E-state index in [1.807, 2.05) is 0 Å². The summed E-state index contributed by atoms with van der Waals surface area (Å²) in [6.07, 6.45) is 6.91. The molecule has 1 atom stereocenters. The highest BCUT2D eigenvalue weighted by molar-refractivity contribution is 6.30. The second-order valence-corrected chi connectivity index (χ2v) is 9.14. The molecular weight excluding hydrogens is 513 g/mol. The number of benzene rings is 1. The van der Waals surface area contributed by atoms with Gasteiger partial charge in [0.15, 0.2) is 17.4 Å². The van der Waals surface area contributed by atoms with E-state index in [9.17, 15) is 14.0 Å². The van der Waals surface area contributed by atoms with Gasteiger partial charge in [-0.25, -0.2) is 14.4 Å². The number of carbonyl (C=O) groups is 2. The fourth-order valence-electron chi connectivity index (χ4n) is 4.36. The molecule has 0 aliphatic carbocycles. The van der Waals surface area contributed by atoms with Crippen LogP contribution in [0.5, 0.6) is 5.75 Å². The molecule has 2 amide bonds. The van der Waals surface area contributed by atoms with Crippen molar-refractivity contribution < 1.29 is 18.7 Å². The van der Waals surface area contributed by atoms with Gasteiger partial charge in [0.25, 0.3) is 5.91 Å². The molecule has 200 valence electrons. The lowest BCUT2D eigenvalue weighted by molar-refractivity contribution is -0.124. The van der Waals surface area contributed by atoms with Gasteiger partial charge in [-0.2, -0.15) is 0 Å². The van der Waals surface area contributed by atoms with Crippen LogP contribution in [0.25, 0.3) is 11.4 Å². The van der Waals surface area contributed by atoms with Gasteiger partial charge in [0.1, 0.15) is 5.82 Å². The fraction of sp³-hybridized carbons (Fsp3) is 0.346. The van der Waals surface area contributed by atoms with Crippen molar-refractivity contribution in [1.29, 1.82) is 0 Å². The van der Waals surface area contributed by atoms with Gasteiger partial charge in [-0.1, -0.05) is 11.6 Å². The van der Waals surface area contributed by atoms with Gasteiger partial charge < -0.3 is 20.7 Å². The Morgan fingerprint density at radius 1 is 1.26 bits per heavy atom. The third-order valence-corrected chi connectivity index (χ3v) is 6.52. The van der Waals surface area contributed by atoms with Crippen molar-refractivity contribution in [3.05, 3.63) is 59.3 Å². The predicted octanol–water partition coefficient (Wildman–Crippen LogP) is 3.41. The first-order valence-corrected chi connectivity index (χ1v) is 12.6. The number of ether oxygens (including phenoxy) is 1. The van der Waals surface area contributed by atoms with Crippen molar-refractivity contribution in [2.75, 3.05) is 39.1 Å². The number of hydrogen-bond acceptors (Lipinski definition) is 8. The number of nitrogens with one attached hydrogen (secondary N) is 3. The predicted molar refractivity (Wildman–Crippen MR) is 142 cm³/mol. The number of likely N-dealkylation sites (N-methyl/N-ethyl adjacent to an activating group) is 1. The van der Waals surface area contributed by atoms with Crippen molar-refractivity contribution >= 4 is 34.9 Å². The lowest BCUT2D eigenvalue weighted by Gasteiger charge is -2.22. The Morgan fingerprint density at radius 3 is 2.89 bits per heavy atom. The molecular formula is C26H29ClFN7O3. The zero-order valence-electron chi connectivity index (χ0n) is 21.1. The van der Waals surface area contributed by atoms with Gasteiger partial charge in [-0.15, -0.1) is 0 Å². The molecule has 1 aliphatic heterocycles. The second kappa shape index (κ2) is 12.6. The summed E-state index contributed by atoms with van der Waals surface area (Å²) in [6, 6.07) is 5.64. The average molecular weight is 542 g/mol. The number of methoxy groups -OCH3 is 1. The molecule has 3 aromatic rings. The summed E-state index contributed by atoms with van der Waals surface area (Å²) in [7, 11) is 3.10. The van der Waals surface area contributed by atoms with Crippen molar-refractivity contribution in [3.8, 4) is 17.1 Å². The first kappa shape index (κ1) is 27.2. The van der Waals surface area contributed by atoms with Crippen LogP contribution in [0.1, 0.15) is 29.6 Å². The van der Waals surface area contributed by atoms with Gasteiger partial charge in [-0.3, -0.25) is 19.5 Å². The van der Waals surface area contributed by atoms with Crippen LogP contribution in [-0.4, -0.2) is 71.5 Å². The normalized spacial score (nSPS) is 15.2. The van der Waals surface area contributed by atoms with Crippen molar-refractivity contribution in [1.82, 2.24) is 30.5 Å². The standard InChI is InChI=1S/C26H29ClFN7O3/c1-29-26(37)21-5-3-11-35(21)12-4-9-31-25(36)18-14-30-10-8-20(18)33-24-22(38-2)15-32-23(34-24)17-13-16(27)6-7-19(17)28/h6-8,10,13-15,21H,3-5,9,11-12H2,1-2H3,(H,29,37)(H,31,36)(H,30,32,33,34)/t21-/m0/s1. The molecule has 38 heavy (non-hydrogen) atoms. The number of amides is 2. The van der Waals surface area contributed by atoms with Crippen molar-refractivity contribution in [2.45, 2.75) is 25.3 Å². The quantitative estimate of drug-likeness (QED) is 0.334. The van der Waals surface area contributed by atoms with Crippen LogP contribution in [-0.2, 0) is 4.79 Å². The number of rotatable bonds is 10. The zero-order valence-corrected chi connectivity index (χ0v) is 21.9. The number of anilines is 2. The van der Waals surface area contributed by atoms with E-state index in [4.69, 9.17) is 16.3 Å². The molecule has 10 nitrogen and oxygen atoms in total. The molecule has 12 heteroatoms. The smallest absolute Gasteiger partial charge is 0.254 e. The number of carbonyl (C=O) groups excluding carboxylic acids is 2. The van der Waals surface area contributed by atoms with Crippen LogP contribution in [0.15, 0.2) is 42.9 Å². The average Bonchev–Trinajstić information content (AvgIpc) is 3.40. The summed E-state index contributed by atoms with van der Waals surface area (Å²) >= 11 is 6.03. The third kappa shape index (κ3) is 6.35. The number of aromatic nitrogens is 3. The van der Waals surface area contributed by atoms with E-state index in [-0.39, 0.29) is 35.1 Å². The molecule has 3 heterocycles. The highest BCUT2D eigenvalue weighted by atomic mass is 35.5. The minimum Gasteiger partial charge on any atom is -0.491 e. The summed E-state index contributed by atoms with van der Waals surface area (Å²) in [4.78, 5) is 39.9. The number of likely N-dealkylation sites (tertiary alicyclic amines) is 1. The molecule has 0 saturated carbocycles. The Morgan fingerprint density at radius 2 is 2.11 bits per heavy atom. The van der Waals surface area contributed by atoms with E-state index < -0.39 is 5.82 Å². The molecule has 1 aromatic carbocycles. The molecule has 0 bridgehead atoms. The topological polar surface area (TPSA) is 121 Å². The maximum absolute atomic E-state index is 14.4. The van der Waals surface area contributed by atoms with E-state index in [0.29, 0.717) is 41.5 Å². The SMILES string of the molecule is CNC(=O)[C@@H]1CCCN1CCCNC(=O)c1cnccc1Nc1nc(-c2cc(Cl)ccc2F)ncc1OC. The number of nitrogens with zero attached hydrogens (tertiary/aromatic N) is 4. The molecule has 1 saturated heterocycles. The van der Waals surface area contributed by atoms with Gasteiger partial charge in [0, 0.05) is 37.6 Å². The minimum atomic E-state index is -0.523. The van der Waals surface area contributed by atoms with Crippen LogP contribution in [0, 0.1) is 5.82 Å². The lowest BCUT2D eigenvalue weighted by atomic mass is 10.2. The van der Waals surface area contributed by atoms with Gasteiger partial charge in [0.05, 0.1) is 36.2 Å². The summed E-state index contributed by atoms with van der Waals surface area (Å²) in [5.41, 5.74) is 0.867. The summed E-state index contributed by atoms with van der Waals surface area (Å²) in [6.45, 7) is 2.00. The summed E-state index contributed by atoms with van der Waals surface area (Å²) < 4.78 is 19.8. The fourth-order valence-corrected chi connectivity index (χ4v) is 4.53. The minimum absolute atomic E-state index is 0.0269. The third-order valence-electron chi connectivity index (χ3n) is 6.28. The zero-order chi connectivity index (χ0) is 27.1. The molecule has 0 unspecified atom stereocenters. The molecule has 2 aromatic heterocycles. The van der Waals surface area contributed by atoms with Crippen molar-refractivity contribution in [2.24, 2.45) is 0 Å². The van der Waals surface area contributed by atoms with E-state index in [1.165, 1.54) is 43.9 Å². The second-order valence-electron chi connectivity index (χ2n) is 8.70. The Bertz CT molecular complexity index is 1310. The van der Waals surface area contributed by atoms with Crippen LogP contribution < -0.4 is 20.7 Å². The van der Waals surface area contributed by atoms with E-state index in [1.54, 1.807) is 13.1 Å². The van der Waals surface area contributed by atoms with E-state index in [2.05, 4.69) is 35.8 Å². The van der Waals surface area contributed by atoms with Crippen LogP contribution >= 0.6 is 11.6 Å². The molecule has 0 radical (unpaired) electrons. The largest absolute Gasteiger partial charge is 0.491 e. The maximum atomic E-state index is 14.4. The Labute approximate surface area is 225 Å². The number of halogens is 2. The summed E-state index contributed by atoms with van der Waals surface area (Å²) in [5, 5.41) is 9.06. The first-order chi connectivity index (χ1) is 18.4. The molecule has 1 aliphatic rings. The number of pyridine rings is 1. The summed E-state index contributed by atoms with van der Waals surface area (Å²) in [5.74, 6) is -0.171. The van der Waals surface area contributed by atoms with Crippen LogP contribution in [0.3, 0.4) is 0 Å². The molecule has 3 N–H and O–H groups in total. The van der Waals surface area contributed by atoms with E-state index >= 15 is 0 Å². The van der Waals surface area contributed by atoms with Gasteiger partial charge in [-0.05, 0) is 50.1 Å². The molecule has 4 rings (SSSR count). The van der Waals surface area contributed by atoms with Gasteiger partial charge >= 0.3 is 0 Å². The van der Waals surface area contributed by atoms with Crippen LogP contribution in [0.2, 0.25) is 5.02 Å². The first-order valence-electron chi connectivity index (χ1n) is 12.2. The Kier molecular flexibility index (Phi) is 9.03. The molecule has 0 spiro atoms. The van der Waals surface area contributed by atoms with Gasteiger partial charge in [0.2, 0.25) is 5.91 Å². The molecule has 1 fully saturated rings. The number of hydrogen-bond donors (Lipinski definition) is 3. The van der Waals surface area contributed by atoms with E-state index in [0.717, 1.165) is 19.4 Å². The van der Waals surface area contributed by atoms with Crippen molar-refractivity contribution in [3.63, 3.8) is 0 Å². The monoisotopic (exact) mass is 541 g/mol. The lowest BCUT2D eigenvalue weighted by Crippen LogP contribution is -2.42. The highest BCUT2D eigenvalue weighted by Gasteiger charge is 2.29. The van der Waals surface area contributed by atoms with Crippen LogP contribution in [0.4, 0.5) is 15.9 Å².